The summed E-state index contributed by atoms with van der Waals surface area (Å²) in [7, 11) is 0. The summed E-state index contributed by atoms with van der Waals surface area (Å²) in [4.78, 5) is 2.60. The molecule has 1 heterocycles. The number of hydrogen-bond acceptors (Lipinski definition) is 1. The Morgan fingerprint density at radius 3 is 2.29 bits per heavy atom. The smallest absolute Gasteiger partial charge is 0.0933 e. The fourth-order valence-corrected chi connectivity index (χ4v) is 3.66. The van der Waals surface area contributed by atoms with Gasteiger partial charge in [0, 0.05) is 9.75 Å². The molecule has 90 valence electrons. The first kappa shape index (κ1) is 12.7. The number of thiophene rings is 1. The van der Waals surface area contributed by atoms with Gasteiger partial charge in [-0.05, 0) is 50.5 Å². The van der Waals surface area contributed by atoms with Crippen molar-refractivity contribution in [2.75, 3.05) is 0 Å². The van der Waals surface area contributed by atoms with Gasteiger partial charge in [0.25, 0.3) is 0 Å². The third-order valence-corrected chi connectivity index (χ3v) is 4.82. The molecule has 2 rings (SSSR count). The van der Waals surface area contributed by atoms with Crippen molar-refractivity contribution in [3.63, 3.8) is 0 Å². The molecule has 0 aliphatic heterocycles. The van der Waals surface area contributed by atoms with E-state index >= 15 is 0 Å². The monoisotopic (exact) mass is 264 g/mol. The Kier molecular flexibility index (Phi) is 3.60. The van der Waals surface area contributed by atoms with E-state index in [0.717, 1.165) is 0 Å². The topological polar surface area (TPSA) is 0 Å². The van der Waals surface area contributed by atoms with Crippen molar-refractivity contribution in [2.24, 2.45) is 0 Å². The molecule has 1 aromatic heterocycles. The van der Waals surface area contributed by atoms with E-state index in [9.17, 15) is 0 Å². The highest BCUT2D eigenvalue weighted by atomic mass is 35.5. The second-order valence-corrected chi connectivity index (χ2v) is 6.35. The quantitative estimate of drug-likeness (QED) is 0.645. The number of benzene rings is 1. The molecule has 0 saturated carbocycles. The van der Waals surface area contributed by atoms with Crippen LogP contribution in [0.1, 0.15) is 37.4 Å². The maximum atomic E-state index is 6.64. The molecule has 0 aliphatic carbocycles. The van der Waals surface area contributed by atoms with Gasteiger partial charge in [0.05, 0.1) is 5.38 Å². The molecule has 2 heteroatoms. The Labute approximate surface area is 112 Å². The van der Waals surface area contributed by atoms with Crippen molar-refractivity contribution in [1.82, 2.24) is 0 Å². The van der Waals surface area contributed by atoms with Crippen molar-refractivity contribution in [3.8, 4) is 0 Å². The van der Waals surface area contributed by atoms with Crippen molar-refractivity contribution < 1.29 is 0 Å². The van der Waals surface area contributed by atoms with Crippen LogP contribution in [-0.2, 0) is 0 Å². The molecule has 0 aliphatic rings. The lowest BCUT2D eigenvalue weighted by molar-refractivity contribution is 1.12. The Bertz CT molecular complexity index is 540. The van der Waals surface area contributed by atoms with Gasteiger partial charge in [-0.3, -0.25) is 0 Å². The molecular formula is C15H17ClS. The summed E-state index contributed by atoms with van der Waals surface area (Å²) in [6.45, 7) is 8.51. The molecule has 17 heavy (non-hydrogen) atoms. The normalized spacial score (nSPS) is 12.8. The fourth-order valence-electron chi connectivity index (χ4n) is 2.09. The van der Waals surface area contributed by atoms with Crippen molar-refractivity contribution in [3.05, 3.63) is 56.3 Å². The lowest BCUT2D eigenvalue weighted by Crippen LogP contribution is -1.96. The van der Waals surface area contributed by atoms with Crippen LogP contribution in [0.3, 0.4) is 0 Å². The molecule has 0 spiro atoms. The first-order valence-electron chi connectivity index (χ1n) is 5.77. The van der Waals surface area contributed by atoms with Crippen LogP contribution in [0, 0.1) is 27.7 Å². The minimum Gasteiger partial charge on any atom is -0.143 e. The van der Waals surface area contributed by atoms with E-state index in [4.69, 9.17) is 11.6 Å². The van der Waals surface area contributed by atoms with E-state index < -0.39 is 0 Å². The lowest BCUT2D eigenvalue weighted by Gasteiger charge is -2.13. The first-order valence-corrected chi connectivity index (χ1v) is 7.02. The minimum absolute atomic E-state index is 0.0198. The van der Waals surface area contributed by atoms with Gasteiger partial charge < -0.3 is 0 Å². The minimum atomic E-state index is -0.0198. The predicted octanol–water partition coefficient (Wildman–Crippen LogP) is 5.31. The molecule has 0 amide bonds. The van der Waals surface area contributed by atoms with Crippen LogP contribution in [0.2, 0.25) is 0 Å². The van der Waals surface area contributed by atoms with Crippen molar-refractivity contribution in [1.29, 1.82) is 0 Å². The number of halogens is 1. The third kappa shape index (κ3) is 2.56. The average Bonchev–Trinajstić information content (AvgIpc) is 2.60. The van der Waals surface area contributed by atoms with E-state index in [1.54, 1.807) is 11.3 Å². The molecule has 1 unspecified atom stereocenters. The van der Waals surface area contributed by atoms with Crippen LogP contribution < -0.4 is 0 Å². The first-order chi connectivity index (χ1) is 7.99. The van der Waals surface area contributed by atoms with Gasteiger partial charge >= 0.3 is 0 Å². The molecule has 0 nitrogen and oxygen atoms in total. The molecule has 1 atom stereocenters. The third-order valence-electron chi connectivity index (χ3n) is 3.02. The Hall–Kier alpha value is -0.790. The second kappa shape index (κ2) is 4.83. The van der Waals surface area contributed by atoms with Crippen molar-refractivity contribution >= 4 is 22.9 Å². The number of aryl methyl sites for hydroxylation is 4. The van der Waals surface area contributed by atoms with Crippen LogP contribution in [-0.4, -0.2) is 0 Å². The van der Waals surface area contributed by atoms with Gasteiger partial charge in [0.2, 0.25) is 0 Å². The summed E-state index contributed by atoms with van der Waals surface area (Å²) in [6, 6.07) is 8.69. The van der Waals surface area contributed by atoms with Gasteiger partial charge in [-0.15, -0.1) is 22.9 Å². The predicted molar refractivity (Wildman–Crippen MR) is 77.4 cm³/mol. The van der Waals surface area contributed by atoms with Gasteiger partial charge in [-0.2, -0.15) is 0 Å². The summed E-state index contributed by atoms with van der Waals surface area (Å²) in [5, 5.41) is -0.0198. The van der Waals surface area contributed by atoms with Gasteiger partial charge in [-0.25, -0.2) is 0 Å². The molecule has 1 aromatic carbocycles. The summed E-state index contributed by atoms with van der Waals surface area (Å²) >= 11 is 8.44. The highest BCUT2D eigenvalue weighted by Crippen LogP contribution is 2.37. The van der Waals surface area contributed by atoms with E-state index in [1.165, 1.54) is 32.0 Å². The average molecular weight is 265 g/mol. The summed E-state index contributed by atoms with van der Waals surface area (Å²) in [5.41, 5.74) is 5.06. The van der Waals surface area contributed by atoms with E-state index in [-0.39, 0.29) is 5.38 Å². The van der Waals surface area contributed by atoms with Crippen LogP contribution in [0.15, 0.2) is 24.3 Å². The number of rotatable bonds is 2. The van der Waals surface area contributed by atoms with Crippen LogP contribution in [0.4, 0.5) is 0 Å². The van der Waals surface area contributed by atoms with Gasteiger partial charge in [0.15, 0.2) is 0 Å². The molecule has 0 fully saturated rings. The molecule has 0 N–H and O–H groups in total. The SMILES string of the molecule is Cc1ccc(C)c(C(Cl)c2sc(C)cc2C)c1. The highest BCUT2D eigenvalue weighted by Gasteiger charge is 2.17. The number of alkyl halides is 1. The zero-order valence-electron chi connectivity index (χ0n) is 10.7. The van der Waals surface area contributed by atoms with E-state index in [0.29, 0.717) is 0 Å². The zero-order chi connectivity index (χ0) is 12.6. The van der Waals surface area contributed by atoms with Crippen LogP contribution >= 0.6 is 22.9 Å². The number of hydrogen-bond donors (Lipinski definition) is 0. The standard InChI is InChI=1S/C15H17ClS/c1-9-5-6-10(2)13(7-9)14(16)15-11(3)8-12(4)17-15/h5-8,14H,1-4H3. The Morgan fingerprint density at radius 2 is 1.71 bits per heavy atom. The fraction of sp³-hybridized carbons (Fsp3) is 0.333. The maximum Gasteiger partial charge on any atom is 0.0933 e. The van der Waals surface area contributed by atoms with Gasteiger partial charge in [0.1, 0.15) is 0 Å². The molecule has 0 bridgehead atoms. The summed E-state index contributed by atoms with van der Waals surface area (Å²) in [6.07, 6.45) is 0. The molecule has 0 saturated heterocycles. The lowest BCUT2D eigenvalue weighted by atomic mass is 10.0. The molecule has 2 aromatic rings. The van der Waals surface area contributed by atoms with Crippen LogP contribution in [0.5, 0.6) is 0 Å². The summed E-state index contributed by atoms with van der Waals surface area (Å²) in [5.74, 6) is 0. The van der Waals surface area contributed by atoms with Crippen molar-refractivity contribution in [2.45, 2.75) is 33.1 Å². The van der Waals surface area contributed by atoms with E-state index in [2.05, 4.69) is 52.0 Å². The summed E-state index contributed by atoms with van der Waals surface area (Å²) < 4.78 is 0. The molecule has 0 radical (unpaired) electrons. The molecular weight excluding hydrogens is 248 g/mol. The van der Waals surface area contributed by atoms with E-state index in [1.807, 2.05) is 0 Å². The Morgan fingerprint density at radius 1 is 1.00 bits per heavy atom. The Balaban J connectivity index is 2.46. The maximum absolute atomic E-state index is 6.64. The van der Waals surface area contributed by atoms with Crippen LogP contribution in [0.25, 0.3) is 0 Å². The second-order valence-electron chi connectivity index (χ2n) is 4.63. The largest absolute Gasteiger partial charge is 0.143 e. The highest BCUT2D eigenvalue weighted by molar-refractivity contribution is 7.12. The zero-order valence-corrected chi connectivity index (χ0v) is 12.2. The van der Waals surface area contributed by atoms with Gasteiger partial charge in [-0.1, -0.05) is 23.8 Å².